The van der Waals surface area contributed by atoms with Crippen molar-refractivity contribution in [2.24, 2.45) is 0 Å². The van der Waals surface area contributed by atoms with Gasteiger partial charge < -0.3 is 21.0 Å². The molecule has 0 saturated heterocycles. The second-order valence-electron chi connectivity index (χ2n) is 1.25. The predicted octanol–water partition coefficient (Wildman–Crippen LogP) is -0.497. The van der Waals surface area contributed by atoms with Crippen molar-refractivity contribution in [3.8, 4) is 0 Å². The lowest BCUT2D eigenvalue weighted by Crippen LogP contribution is -2.21. The van der Waals surface area contributed by atoms with Crippen LogP contribution in [0.25, 0.3) is 0 Å². The fourth-order valence-electron chi connectivity index (χ4n) is 0.203. The summed E-state index contributed by atoms with van der Waals surface area (Å²) in [4.78, 5) is 0. The normalized spacial score (nSPS) is 10.3. The van der Waals surface area contributed by atoms with Crippen LogP contribution in [0.3, 0.4) is 0 Å². The van der Waals surface area contributed by atoms with Gasteiger partial charge in [0, 0.05) is 0 Å². The van der Waals surface area contributed by atoms with E-state index in [1.165, 1.54) is 7.05 Å². The summed E-state index contributed by atoms with van der Waals surface area (Å²) in [6.07, 6.45) is 0. The van der Waals surface area contributed by atoms with Crippen LogP contribution in [0.2, 0.25) is 0 Å². The number of hydrogen-bond donors (Lipinski definition) is 1. The minimum Gasteiger partial charge on any atom is -0.788 e. The van der Waals surface area contributed by atoms with Crippen LogP contribution in [-0.4, -0.2) is 25.2 Å². The van der Waals surface area contributed by atoms with Gasteiger partial charge in [0.15, 0.2) is 0 Å². The third-order valence-electron chi connectivity index (χ3n) is 0.529. The highest BCUT2D eigenvalue weighted by molar-refractivity contribution is 4.51. The van der Waals surface area contributed by atoms with E-state index in [4.69, 9.17) is 0 Å². The number of likely N-dealkylation sites (N-methyl/N-ethyl adjacent to an activating group) is 1. The summed E-state index contributed by atoms with van der Waals surface area (Å²) in [6.45, 7) is 0.462. The topological polar surface area (TPSA) is 61.4 Å². The van der Waals surface area contributed by atoms with Gasteiger partial charge in [-0.25, -0.2) is 0 Å². The van der Waals surface area contributed by atoms with Crippen molar-refractivity contribution in [1.82, 2.24) is 10.5 Å². The molecular weight excluding hydrogens is 96.0 g/mol. The Morgan fingerprint density at radius 2 is 2.29 bits per heavy atom. The van der Waals surface area contributed by atoms with Gasteiger partial charge >= 0.3 is 0 Å². The molecule has 4 heteroatoms. The molecule has 0 unspecified atom stereocenters. The maximum atomic E-state index is 9.94. The molecule has 0 amide bonds. The van der Waals surface area contributed by atoms with Gasteiger partial charge in [0.1, 0.15) is 0 Å². The van der Waals surface area contributed by atoms with Crippen LogP contribution >= 0.6 is 0 Å². The van der Waals surface area contributed by atoms with E-state index in [0.717, 1.165) is 0 Å². The van der Waals surface area contributed by atoms with Crippen molar-refractivity contribution in [2.45, 2.75) is 0 Å². The van der Waals surface area contributed by atoms with Crippen LogP contribution in [-0.2, 0) is 0 Å². The van der Waals surface area contributed by atoms with Crippen LogP contribution in [0, 0.1) is 10.4 Å². The second kappa shape index (κ2) is 4.01. The summed E-state index contributed by atoms with van der Waals surface area (Å²) in [5.41, 5.74) is 1.61. The summed E-state index contributed by atoms with van der Waals surface area (Å²) in [5.74, 6) is 0. The van der Waals surface area contributed by atoms with Gasteiger partial charge in [-0.15, -0.1) is 0 Å². The molecule has 0 saturated carbocycles. The summed E-state index contributed by atoms with van der Waals surface area (Å²) in [7, 11) is 1.37. The molecule has 0 aromatic heterocycles. The van der Waals surface area contributed by atoms with Gasteiger partial charge in [0.05, 0.1) is 0 Å². The molecule has 0 aliphatic carbocycles. The first kappa shape index (κ1) is 6.84. The summed E-state index contributed by atoms with van der Waals surface area (Å²) in [5, 5.41) is 20.1. The van der Waals surface area contributed by atoms with E-state index in [0.29, 0.717) is 5.06 Å². The Balaban J connectivity index is 2.68. The molecule has 7 heavy (non-hydrogen) atoms. The third-order valence-corrected chi connectivity index (χ3v) is 0.529. The van der Waals surface area contributed by atoms with E-state index < -0.39 is 0 Å². The predicted molar refractivity (Wildman–Crippen MR) is 27.4 cm³/mol. The second-order valence-corrected chi connectivity index (χ2v) is 1.25. The molecule has 0 spiro atoms. The van der Waals surface area contributed by atoms with Gasteiger partial charge in [-0.2, -0.15) is 0 Å². The van der Waals surface area contributed by atoms with Crippen LogP contribution in [0.15, 0.2) is 0 Å². The summed E-state index contributed by atoms with van der Waals surface area (Å²) < 4.78 is 0. The quantitative estimate of drug-likeness (QED) is 0.490. The Bertz CT molecular complexity index is 39.9. The molecule has 0 aliphatic rings. The number of hydroxylamine groups is 3. The fraction of sp³-hybridized carbons (Fsp3) is 1.00. The Hall–Kier alpha value is -0.160. The monoisotopic (exact) mass is 104 g/mol. The maximum absolute atomic E-state index is 9.94. The number of nitrogens with one attached hydrogen (secondary N) is 1. The minimum absolute atomic E-state index is 0.208. The lowest BCUT2D eigenvalue weighted by Gasteiger charge is -2.22. The van der Waals surface area contributed by atoms with Gasteiger partial charge in [-0.1, -0.05) is 0 Å². The molecule has 0 bridgehead atoms. The standard InChI is InChI=1S/C3H8N2O2/c1-5(7)3-2-4-6/h4H,2-3H2,1H3/q-2. The number of hydrogen-bond acceptors (Lipinski definition) is 4. The van der Waals surface area contributed by atoms with Crippen molar-refractivity contribution in [3.63, 3.8) is 0 Å². The number of rotatable bonds is 3. The minimum atomic E-state index is 0.208. The molecular formula is C3H8N2O2-2. The zero-order valence-electron chi connectivity index (χ0n) is 4.18. The van der Waals surface area contributed by atoms with Gasteiger partial charge in [0.25, 0.3) is 0 Å². The molecule has 0 aliphatic heterocycles. The van der Waals surface area contributed by atoms with Crippen LogP contribution in [0.1, 0.15) is 0 Å². The molecule has 1 N–H and O–H groups in total. The first-order chi connectivity index (χ1) is 3.27. The van der Waals surface area contributed by atoms with Crippen molar-refractivity contribution in [2.75, 3.05) is 20.1 Å². The fourth-order valence-corrected chi connectivity index (χ4v) is 0.203. The Kier molecular flexibility index (Phi) is 3.92. The van der Waals surface area contributed by atoms with Crippen LogP contribution in [0.5, 0.6) is 0 Å². The Morgan fingerprint density at radius 3 is 2.43 bits per heavy atom. The average molecular weight is 104 g/mol. The molecule has 0 radical (unpaired) electrons. The van der Waals surface area contributed by atoms with E-state index in [-0.39, 0.29) is 13.1 Å². The Morgan fingerprint density at radius 1 is 1.71 bits per heavy atom. The highest BCUT2D eigenvalue weighted by Crippen LogP contribution is 1.69. The Labute approximate surface area is 42.3 Å². The highest BCUT2D eigenvalue weighted by Gasteiger charge is 1.73. The SMILES string of the molecule is CN([O-])CCN[O-]. The largest absolute Gasteiger partial charge is 0.788 e. The zero-order valence-corrected chi connectivity index (χ0v) is 4.18. The average Bonchev–Trinajstić information content (AvgIpc) is 1.61. The maximum Gasteiger partial charge on any atom is -0.00276 e. The zero-order chi connectivity index (χ0) is 5.70. The van der Waals surface area contributed by atoms with Gasteiger partial charge in [0.2, 0.25) is 0 Å². The van der Waals surface area contributed by atoms with E-state index >= 15 is 0 Å². The van der Waals surface area contributed by atoms with Crippen molar-refractivity contribution in [3.05, 3.63) is 10.4 Å². The smallest absolute Gasteiger partial charge is 0.00276 e. The first-order valence-corrected chi connectivity index (χ1v) is 2.00. The molecule has 0 rings (SSSR count). The third kappa shape index (κ3) is 5.84. The molecule has 0 aromatic rings. The van der Waals surface area contributed by atoms with Gasteiger partial charge in [-0.3, -0.25) is 0 Å². The lowest BCUT2D eigenvalue weighted by atomic mass is 10.6. The molecule has 44 valence electrons. The first-order valence-electron chi connectivity index (χ1n) is 2.00. The van der Waals surface area contributed by atoms with E-state index in [1.54, 1.807) is 5.48 Å². The summed E-state index contributed by atoms with van der Waals surface area (Å²) in [6, 6.07) is 0. The van der Waals surface area contributed by atoms with E-state index in [9.17, 15) is 10.4 Å². The molecule has 0 heterocycles. The van der Waals surface area contributed by atoms with E-state index in [2.05, 4.69) is 0 Å². The van der Waals surface area contributed by atoms with Crippen molar-refractivity contribution >= 4 is 0 Å². The van der Waals surface area contributed by atoms with Crippen LogP contribution in [0.4, 0.5) is 0 Å². The van der Waals surface area contributed by atoms with Crippen molar-refractivity contribution < 1.29 is 0 Å². The molecule has 4 nitrogen and oxygen atoms in total. The molecule has 0 fully saturated rings. The highest BCUT2D eigenvalue weighted by atomic mass is 16.5. The molecule has 0 aromatic carbocycles. The van der Waals surface area contributed by atoms with Crippen molar-refractivity contribution in [1.29, 1.82) is 0 Å². The summed E-state index contributed by atoms with van der Waals surface area (Å²) >= 11 is 0. The van der Waals surface area contributed by atoms with E-state index in [1.807, 2.05) is 0 Å². The van der Waals surface area contributed by atoms with Gasteiger partial charge in [-0.05, 0) is 20.1 Å². The van der Waals surface area contributed by atoms with Crippen LogP contribution < -0.4 is 5.48 Å². The number of nitrogens with zero attached hydrogens (tertiary/aromatic N) is 1. The lowest BCUT2D eigenvalue weighted by molar-refractivity contribution is 0.458. The molecule has 0 atom stereocenters.